The zero-order valence-corrected chi connectivity index (χ0v) is 18.2. The summed E-state index contributed by atoms with van der Waals surface area (Å²) in [5.74, 6) is -0.335. The second kappa shape index (κ2) is 10.4. The van der Waals surface area contributed by atoms with Gasteiger partial charge in [0.25, 0.3) is 0 Å². The van der Waals surface area contributed by atoms with Crippen molar-refractivity contribution < 1.29 is 24.2 Å². The van der Waals surface area contributed by atoms with Gasteiger partial charge >= 0.3 is 5.97 Å². The maximum atomic E-state index is 12.4. The van der Waals surface area contributed by atoms with Crippen molar-refractivity contribution in [2.75, 3.05) is 7.11 Å². The molecule has 1 fully saturated rings. The summed E-state index contributed by atoms with van der Waals surface area (Å²) in [7, 11) is 1.54. The average molecular weight is 444 g/mol. The number of hydrogen-bond acceptors (Lipinski definition) is 4. The molecule has 6 nitrogen and oxygen atoms in total. The van der Waals surface area contributed by atoms with Crippen LogP contribution in [0.5, 0.6) is 11.5 Å². The molecule has 2 N–H and O–H groups in total. The lowest BCUT2D eigenvalue weighted by Gasteiger charge is -2.33. The van der Waals surface area contributed by atoms with E-state index in [9.17, 15) is 14.7 Å². The molecule has 3 rings (SSSR count). The van der Waals surface area contributed by atoms with Gasteiger partial charge in [-0.1, -0.05) is 55.1 Å². The number of hydrogen-bond donors (Lipinski definition) is 2. The summed E-state index contributed by atoms with van der Waals surface area (Å²) in [6.07, 6.45) is 6.45. The molecule has 0 aromatic heterocycles. The number of carboxylic acids is 1. The molecule has 0 unspecified atom stereocenters. The molecular weight excluding hydrogens is 418 g/mol. The lowest BCUT2D eigenvalue weighted by molar-refractivity contribution is -0.148. The van der Waals surface area contributed by atoms with Crippen molar-refractivity contribution >= 4 is 29.6 Å². The zero-order chi connectivity index (χ0) is 22.3. The van der Waals surface area contributed by atoms with Crippen LogP contribution in [-0.4, -0.2) is 29.6 Å². The Bertz CT molecular complexity index is 966. The van der Waals surface area contributed by atoms with Crippen LogP contribution in [0.25, 0.3) is 6.08 Å². The highest BCUT2D eigenvalue weighted by molar-refractivity contribution is 6.31. The molecule has 164 valence electrons. The van der Waals surface area contributed by atoms with E-state index >= 15 is 0 Å². The zero-order valence-electron chi connectivity index (χ0n) is 17.4. The smallest absolute Gasteiger partial charge is 0.329 e. The number of rotatable bonds is 8. The van der Waals surface area contributed by atoms with E-state index in [0.29, 0.717) is 36.0 Å². The number of nitrogens with one attached hydrogen (secondary N) is 1. The molecule has 0 bridgehead atoms. The van der Waals surface area contributed by atoms with E-state index in [2.05, 4.69) is 5.32 Å². The molecule has 1 aliphatic carbocycles. The van der Waals surface area contributed by atoms with Crippen LogP contribution in [0.2, 0.25) is 5.02 Å². The minimum Gasteiger partial charge on any atom is -0.493 e. The van der Waals surface area contributed by atoms with E-state index in [0.717, 1.165) is 30.4 Å². The van der Waals surface area contributed by atoms with E-state index in [1.165, 1.54) is 13.2 Å². The third-order valence-electron chi connectivity index (χ3n) is 5.43. The highest BCUT2D eigenvalue weighted by atomic mass is 35.5. The summed E-state index contributed by atoms with van der Waals surface area (Å²) < 4.78 is 11.2. The fourth-order valence-corrected chi connectivity index (χ4v) is 3.87. The normalized spacial score (nSPS) is 15.4. The van der Waals surface area contributed by atoms with Crippen LogP contribution in [0, 0.1) is 0 Å². The lowest BCUT2D eigenvalue weighted by Crippen LogP contribution is -2.55. The van der Waals surface area contributed by atoms with Crippen LogP contribution in [0.3, 0.4) is 0 Å². The third-order valence-corrected chi connectivity index (χ3v) is 5.80. The Morgan fingerprint density at radius 3 is 2.55 bits per heavy atom. The molecule has 7 heteroatoms. The molecule has 0 aliphatic heterocycles. The van der Waals surface area contributed by atoms with Gasteiger partial charge in [0.15, 0.2) is 11.5 Å². The number of ether oxygens (including phenoxy) is 2. The van der Waals surface area contributed by atoms with Gasteiger partial charge in [0.1, 0.15) is 12.1 Å². The summed E-state index contributed by atoms with van der Waals surface area (Å²) >= 11 is 6.16. The molecule has 1 amide bonds. The highest BCUT2D eigenvalue weighted by Gasteiger charge is 2.40. The van der Waals surface area contributed by atoms with Crippen LogP contribution in [-0.2, 0) is 16.2 Å². The van der Waals surface area contributed by atoms with Gasteiger partial charge in [-0.05, 0) is 42.7 Å². The predicted molar refractivity (Wildman–Crippen MR) is 119 cm³/mol. The summed E-state index contributed by atoms with van der Waals surface area (Å²) in [6, 6.07) is 12.7. The van der Waals surface area contributed by atoms with Crippen LogP contribution < -0.4 is 14.8 Å². The van der Waals surface area contributed by atoms with Gasteiger partial charge in [0, 0.05) is 16.7 Å². The van der Waals surface area contributed by atoms with Crippen molar-refractivity contribution in [3.8, 4) is 11.5 Å². The number of benzene rings is 2. The molecule has 0 radical (unpaired) electrons. The van der Waals surface area contributed by atoms with Crippen molar-refractivity contribution in [3.05, 3.63) is 64.7 Å². The summed E-state index contributed by atoms with van der Waals surface area (Å²) in [5, 5.41) is 12.9. The maximum Gasteiger partial charge on any atom is 0.329 e. The second-order valence-corrected chi connectivity index (χ2v) is 7.97. The standard InChI is InChI=1S/C24H26ClNO5/c1-30-21-15-17(9-11-20(21)31-16-18-7-3-4-8-19(18)25)10-12-22(27)26-24(23(28)29)13-5-2-6-14-24/h3-4,7-12,15H,2,5-6,13-14,16H2,1H3,(H,26,27)(H,28,29)/b12-10+. The average Bonchev–Trinajstić information content (AvgIpc) is 2.78. The number of methoxy groups -OCH3 is 1. The molecule has 0 spiro atoms. The number of amides is 1. The van der Waals surface area contributed by atoms with Gasteiger partial charge in [0.2, 0.25) is 5.91 Å². The van der Waals surface area contributed by atoms with Gasteiger partial charge in [-0.15, -0.1) is 0 Å². The van der Waals surface area contributed by atoms with Gasteiger partial charge < -0.3 is 19.9 Å². The Hall–Kier alpha value is -2.99. The Balaban J connectivity index is 1.66. The predicted octanol–water partition coefficient (Wildman–Crippen LogP) is 4.84. The van der Waals surface area contributed by atoms with Crippen molar-refractivity contribution in [1.29, 1.82) is 0 Å². The summed E-state index contributed by atoms with van der Waals surface area (Å²) in [5.41, 5.74) is 0.417. The molecule has 0 atom stereocenters. The molecule has 0 saturated heterocycles. The van der Waals surface area contributed by atoms with Crippen LogP contribution in [0.1, 0.15) is 43.2 Å². The number of carbonyl (C=O) groups excluding carboxylic acids is 1. The SMILES string of the molecule is COc1cc(/C=C/C(=O)NC2(C(=O)O)CCCCC2)ccc1OCc1ccccc1Cl. The van der Waals surface area contributed by atoms with Crippen molar-refractivity contribution in [2.24, 2.45) is 0 Å². The first kappa shape index (κ1) is 22.7. The topological polar surface area (TPSA) is 84.9 Å². The second-order valence-electron chi connectivity index (χ2n) is 7.56. The Morgan fingerprint density at radius 1 is 1.13 bits per heavy atom. The van der Waals surface area contributed by atoms with Crippen LogP contribution >= 0.6 is 11.6 Å². The fraction of sp³-hybridized carbons (Fsp3) is 0.333. The van der Waals surface area contributed by atoms with Crippen molar-refractivity contribution in [1.82, 2.24) is 5.32 Å². The maximum absolute atomic E-state index is 12.4. The first-order chi connectivity index (χ1) is 14.9. The Labute approximate surface area is 186 Å². The molecule has 2 aromatic rings. The number of carbonyl (C=O) groups is 2. The molecule has 31 heavy (non-hydrogen) atoms. The van der Waals surface area contributed by atoms with Crippen LogP contribution in [0.15, 0.2) is 48.5 Å². The monoisotopic (exact) mass is 443 g/mol. The lowest BCUT2D eigenvalue weighted by atomic mass is 9.81. The van der Waals surface area contributed by atoms with Crippen molar-refractivity contribution in [3.63, 3.8) is 0 Å². The first-order valence-corrected chi connectivity index (χ1v) is 10.6. The van der Waals surface area contributed by atoms with Gasteiger partial charge in [-0.2, -0.15) is 0 Å². The third kappa shape index (κ3) is 5.79. The number of aliphatic carboxylic acids is 1. The Kier molecular flexibility index (Phi) is 7.58. The van der Waals surface area contributed by atoms with E-state index in [-0.39, 0.29) is 0 Å². The first-order valence-electron chi connectivity index (χ1n) is 10.2. The fourth-order valence-electron chi connectivity index (χ4n) is 3.68. The van der Waals surface area contributed by atoms with Crippen molar-refractivity contribution in [2.45, 2.75) is 44.2 Å². The van der Waals surface area contributed by atoms with E-state index in [1.54, 1.807) is 30.3 Å². The molecule has 2 aromatic carbocycles. The number of carboxylic acid groups (broad SMARTS) is 1. The van der Waals surface area contributed by atoms with Crippen LogP contribution in [0.4, 0.5) is 0 Å². The molecule has 0 heterocycles. The minimum atomic E-state index is -1.17. The summed E-state index contributed by atoms with van der Waals surface area (Å²) in [6.45, 7) is 0.297. The number of halogens is 1. The minimum absolute atomic E-state index is 0.297. The highest BCUT2D eigenvalue weighted by Crippen LogP contribution is 2.31. The molecular formula is C24H26ClNO5. The summed E-state index contributed by atoms with van der Waals surface area (Å²) in [4.78, 5) is 24.1. The largest absolute Gasteiger partial charge is 0.493 e. The van der Waals surface area contributed by atoms with Gasteiger partial charge in [-0.25, -0.2) is 4.79 Å². The van der Waals surface area contributed by atoms with E-state index < -0.39 is 17.4 Å². The van der Waals surface area contributed by atoms with Gasteiger partial charge in [0.05, 0.1) is 7.11 Å². The quantitative estimate of drug-likeness (QED) is 0.570. The van der Waals surface area contributed by atoms with E-state index in [4.69, 9.17) is 21.1 Å². The molecule has 1 aliphatic rings. The Morgan fingerprint density at radius 2 is 1.87 bits per heavy atom. The van der Waals surface area contributed by atoms with Gasteiger partial charge in [-0.3, -0.25) is 4.79 Å². The van der Waals surface area contributed by atoms with E-state index in [1.807, 2.05) is 18.2 Å². The molecule has 1 saturated carbocycles.